The van der Waals surface area contributed by atoms with Crippen molar-refractivity contribution in [2.75, 3.05) is 7.11 Å². The average molecular weight is 275 g/mol. The number of benzene rings is 1. The Labute approximate surface area is 114 Å². The summed E-state index contributed by atoms with van der Waals surface area (Å²) in [4.78, 5) is 23.1. The van der Waals surface area contributed by atoms with Gasteiger partial charge in [0.05, 0.1) is 13.4 Å². The summed E-state index contributed by atoms with van der Waals surface area (Å²) >= 11 is 0. The molecule has 1 aromatic heterocycles. The van der Waals surface area contributed by atoms with E-state index in [9.17, 15) is 14.7 Å². The van der Waals surface area contributed by atoms with Crippen molar-refractivity contribution in [2.45, 2.75) is 6.54 Å². The van der Waals surface area contributed by atoms with Crippen molar-refractivity contribution < 1.29 is 19.1 Å². The molecule has 6 nitrogen and oxygen atoms in total. The largest absolute Gasteiger partial charge is 0.501 e. The number of ether oxygens (including phenoxy) is 1. The van der Waals surface area contributed by atoms with Crippen LogP contribution < -0.4 is 15.5 Å². The maximum atomic E-state index is 11.8. The normalized spacial score (nSPS) is 10.1. The molecule has 0 atom stereocenters. The highest BCUT2D eigenvalue weighted by Crippen LogP contribution is 2.17. The number of carbonyl (C=O) groups excluding carboxylic acids is 1. The first-order chi connectivity index (χ1) is 9.63. The summed E-state index contributed by atoms with van der Waals surface area (Å²) in [5, 5.41) is 12.0. The lowest BCUT2D eigenvalue weighted by atomic mass is 10.2. The van der Waals surface area contributed by atoms with Gasteiger partial charge in [0.1, 0.15) is 5.75 Å². The Morgan fingerprint density at radius 3 is 2.85 bits per heavy atom. The van der Waals surface area contributed by atoms with Crippen LogP contribution in [0.1, 0.15) is 16.1 Å². The molecule has 0 unspecified atom stereocenters. The first-order valence-corrected chi connectivity index (χ1v) is 5.84. The summed E-state index contributed by atoms with van der Waals surface area (Å²) in [5.41, 5.74) is 0.0970. The zero-order valence-corrected chi connectivity index (χ0v) is 10.8. The van der Waals surface area contributed by atoms with E-state index in [0.717, 1.165) is 17.9 Å². The van der Waals surface area contributed by atoms with Gasteiger partial charge >= 0.3 is 0 Å². The molecule has 2 N–H and O–H groups in total. The summed E-state index contributed by atoms with van der Waals surface area (Å²) in [5.74, 6) is -1.16. The van der Waals surface area contributed by atoms with E-state index >= 15 is 0 Å². The van der Waals surface area contributed by atoms with E-state index in [0.29, 0.717) is 5.75 Å². The number of para-hydroxylation sites is 1. The lowest BCUT2D eigenvalue weighted by Gasteiger charge is -2.09. The lowest BCUT2D eigenvalue weighted by Crippen LogP contribution is -2.24. The molecule has 0 spiro atoms. The van der Waals surface area contributed by atoms with Crippen molar-refractivity contribution in [2.24, 2.45) is 0 Å². The van der Waals surface area contributed by atoms with Gasteiger partial charge in [-0.2, -0.15) is 0 Å². The second kappa shape index (κ2) is 5.92. The molecular weight excluding hydrogens is 262 g/mol. The van der Waals surface area contributed by atoms with Crippen molar-refractivity contribution in [3.05, 3.63) is 58.1 Å². The molecule has 2 aromatic rings. The molecule has 0 bridgehead atoms. The average Bonchev–Trinajstić information content (AvgIpc) is 2.48. The summed E-state index contributed by atoms with van der Waals surface area (Å²) in [6.07, 6.45) is 1.06. The number of hydrogen-bond acceptors (Lipinski definition) is 5. The van der Waals surface area contributed by atoms with Gasteiger partial charge in [0, 0.05) is 18.2 Å². The quantitative estimate of drug-likeness (QED) is 0.877. The lowest BCUT2D eigenvalue weighted by molar-refractivity contribution is 0.0915. The van der Waals surface area contributed by atoms with Crippen LogP contribution in [-0.2, 0) is 6.54 Å². The van der Waals surface area contributed by atoms with Crippen LogP contribution in [0.5, 0.6) is 11.5 Å². The highest BCUT2D eigenvalue weighted by Gasteiger charge is 2.16. The van der Waals surface area contributed by atoms with Gasteiger partial charge < -0.3 is 19.6 Å². The van der Waals surface area contributed by atoms with Gasteiger partial charge in [0.15, 0.2) is 0 Å². The second-order valence-electron chi connectivity index (χ2n) is 3.96. The first-order valence-electron chi connectivity index (χ1n) is 5.84. The van der Waals surface area contributed by atoms with Gasteiger partial charge in [-0.1, -0.05) is 18.2 Å². The first kappa shape index (κ1) is 13.7. The molecule has 0 saturated carbocycles. The standard InChI is InChI=1S/C14H13NO5/c1-19-11-5-3-2-4-9(11)8-15-14(18)13-12(17)10(16)6-7-20-13/h2-7,17H,8H2,1H3,(H,15,18). The van der Waals surface area contributed by atoms with Gasteiger partial charge in [0.25, 0.3) is 5.91 Å². The minimum absolute atomic E-state index is 0.181. The monoisotopic (exact) mass is 275 g/mol. The molecule has 0 radical (unpaired) electrons. The van der Waals surface area contributed by atoms with Gasteiger partial charge in [-0.3, -0.25) is 9.59 Å². The zero-order chi connectivity index (χ0) is 14.5. The molecule has 0 aliphatic rings. The van der Waals surface area contributed by atoms with E-state index in [-0.39, 0.29) is 6.54 Å². The minimum Gasteiger partial charge on any atom is -0.501 e. The molecular formula is C14H13NO5. The Hall–Kier alpha value is -2.76. The van der Waals surface area contributed by atoms with Crippen molar-refractivity contribution >= 4 is 5.91 Å². The number of carbonyl (C=O) groups is 1. The molecule has 1 heterocycles. The second-order valence-corrected chi connectivity index (χ2v) is 3.96. The third kappa shape index (κ3) is 2.80. The fourth-order valence-electron chi connectivity index (χ4n) is 1.68. The Bertz CT molecular complexity index is 677. The van der Waals surface area contributed by atoms with Gasteiger partial charge in [-0.05, 0) is 6.07 Å². The van der Waals surface area contributed by atoms with Crippen LogP contribution in [0.15, 0.2) is 45.8 Å². The van der Waals surface area contributed by atoms with Crippen LogP contribution >= 0.6 is 0 Å². The fraction of sp³-hybridized carbons (Fsp3) is 0.143. The SMILES string of the molecule is COc1ccccc1CNC(=O)c1occc(=O)c1O. The molecule has 0 fully saturated rings. The molecule has 2 rings (SSSR count). The van der Waals surface area contributed by atoms with E-state index < -0.39 is 22.8 Å². The number of amides is 1. The summed E-state index contributed by atoms with van der Waals surface area (Å²) in [6.45, 7) is 0.181. The Balaban J connectivity index is 2.13. The Morgan fingerprint density at radius 1 is 1.35 bits per heavy atom. The van der Waals surface area contributed by atoms with Crippen LogP contribution in [-0.4, -0.2) is 18.1 Å². The molecule has 104 valence electrons. The molecule has 6 heteroatoms. The van der Waals surface area contributed by atoms with Gasteiger partial charge in [0.2, 0.25) is 16.9 Å². The Morgan fingerprint density at radius 2 is 2.10 bits per heavy atom. The van der Waals surface area contributed by atoms with E-state index in [1.54, 1.807) is 12.1 Å². The van der Waals surface area contributed by atoms with Crippen LogP contribution in [0, 0.1) is 0 Å². The predicted octanol–water partition coefficient (Wildman–Crippen LogP) is 1.28. The highest BCUT2D eigenvalue weighted by atomic mass is 16.5. The van der Waals surface area contributed by atoms with Crippen molar-refractivity contribution in [1.82, 2.24) is 5.32 Å². The minimum atomic E-state index is -0.704. The fourth-order valence-corrected chi connectivity index (χ4v) is 1.68. The maximum absolute atomic E-state index is 11.8. The topological polar surface area (TPSA) is 88.8 Å². The number of hydrogen-bond donors (Lipinski definition) is 2. The molecule has 0 aliphatic heterocycles. The molecule has 20 heavy (non-hydrogen) atoms. The summed E-state index contributed by atoms with van der Waals surface area (Å²) in [6, 6.07) is 8.21. The molecule has 0 saturated heterocycles. The van der Waals surface area contributed by atoms with Crippen molar-refractivity contribution in [3.8, 4) is 11.5 Å². The smallest absolute Gasteiger partial charge is 0.291 e. The van der Waals surface area contributed by atoms with E-state index in [2.05, 4.69) is 5.32 Å². The predicted molar refractivity (Wildman–Crippen MR) is 70.8 cm³/mol. The van der Waals surface area contributed by atoms with Crippen molar-refractivity contribution in [3.63, 3.8) is 0 Å². The van der Waals surface area contributed by atoms with Crippen LogP contribution in [0.4, 0.5) is 0 Å². The number of methoxy groups -OCH3 is 1. The Kier molecular flexibility index (Phi) is 4.05. The summed E-state index contributed by atoms with van der Waals surface area (Å²) < 4.78 is 10.0. The van der Waals surface area contributed by atoms with Gasteiger partial charge in [-0.25, -0.2) is 0 Å². The van der Waals surface area contributed by atoms with Crippen molar-refractivity contribution in [1.29, 1.82) is 0 Å². The van der Waals surface area contributed by atoms with Gasteiger partial charge in [-0.15, -0.1) is 0 Å². The zero-order valence-electron chi connectivity index (χ0n) is 10.8. The molecule has 1 aromatic carbocycles. The highest BCUT2D eigenvalue weighted by molar-refractivity contribution is 5.93. The van der Waals surface area contributed by atoms with E-state index in [1.807, 2.05) is 12.1 Å². The van der Waals surface area contributed by atoms with Crippen LogP contribution in [0.3, 0.4) is 0 Å². The number of aromatic hydroxyl groups is 1. The molecule has 1 amide bonds. The number of nitrogens with one attached hydrogen (secondary N) is 1. The molecule has 0 aliphatic carbocycles. The summed E-state index contributed by atoms with van der Waals surface area (Å²) in [7, 11) is 1.53. The third-order valence-electron chi connectivity index (χ3n) is 2.69. The van der Waals surface area contributed by atoms with E-state index in [1.165, 1.54) is 7.11 Å². The van der Waals surface area contributed by atoms with E-state index in [4.69, 9.17) is 9.15 Å². The van der Waals surface area contributed by atoms with Crippen LogP contribution in [0.25, 0.3) is 0 Å². The number of rotatable bonds is 4. The maximum Gasteiger partial charge on any atom is 0.291 e. The third-order valence-corrected chi connectivity index (χ3v) is 2.69. The van der Waals surface area contributed by atoms with Crippen LogP contribution in [0.2, 0.25) is 0 Å².